The SMILES string of the molecule is COc1ccc(C(O)c2ccc3c(c2)B(O)OC3)cc1OC. The Kier molecular flexibility index (Phi) is 4.07. The average molecular weight is 300 g/mol. The van der Waals surface area contributed by atoms with Gasteiger partial charge < -0.3 is 24.3 Å². The second kappa shape index (κ2) is 6.00. The topological polar surface area (TPSA) is 68.2 Å². The lowest BCUT2D eigenvalue weighted by Gasteiger charge is -2.15. The molecule has 1 heterocycles. The quantitative estimate of drug-likeness (QED) is 0.825. The van der Waals surface area contributed by atoms with Crippen molar-refractivity contribution in [1.82, 2.24) is 0 Å². The van der Waals surface area contributed by atoms with Gasteiger partial charge in [0.25, 0.3) is 0 Å². The molecule has 1 aliphatic rings. The van der Waals surface area contributed by atoms with E-state index >= 15 is 0 Å². The first-order valence-electron chi connectivity index (χ1n) is 6.96. The zero-order valence-corrected chi connectivity index (χ0v) is 12.4. The van der Waals surface area contributed by atoms with E-state index in [1.165, 1.54) is 0 Å². The fourth-order valence-electron chi connectivity index (χ4n) is 2.62. The predicted octanol–water partition coefficient (Wildman–Crippen LogP) is 1.00. The Balaban J connectivity index is 1.94. The number of aliphatic hydroxyl groups excluding tert-OH is 1. The second-order valence-corrected chi connectivity index (χ2v) is 5.14. The van der Waals surface area contributed by atoms with Gasteiger partial charge >= 0.3 is 7.12 Å². The smallest absolute Gasteiger partial charge is 0.491 e. The highest BCUT2D eigenvalue weighted by Crippen LogP contribution is 2.32. The minimum atomic E-state index is -0.924. The number of ether oxygens (including phenoxy) is 2. The summed E-state index contributed by atoms with van der Waals surface area (Å²) in [6.07, 6.45) is -0.821. The average Bonchev–Trinajstić information content (AvgIpc) is 2.94. The van der Waals surface area contributed by atoms with Gasteiger partial charge in [-0.05, 0) is 34.3 Å². The van der Waals surface area contributed by atoms with Gasteiger partial charge in [-0.1, -0.05) is 24.3 Å². The van der Waals surface area contributed by atoms with Crippen LogP contribution in [0.5, 0.6) is 11.5 Å². The Morgan fingerprint density at radius 3 is 2.45 bits per heavy atom. The Labute approximate surface area is 129 Å². The lowest BCUT2D eigenvalue weighted by molar-refractivity contribution is 0.219. The van der Waals surface area contributed by atoms with Crippen molar-refractivity contribution in [2.45, 2.75) is 12.7 Å². The largest absolute Gasteiger partial charge is 0.493 e. The summed E-state index contributed by atoms with van der Waals surface area (Å²) in [6, 6.07) is 10.7. The molecule has 0 saturated heterocycles. The molecule has 6 heteroatoms. The fraction of sp³-hybridized carbons (Fsp3) is 0.250. The van der Waals surface area contributed by atoms with Crippen molar-refractivity contribution >= 4 is 12.6 Å². The zero-order chi connectivity index (χ0) is 15.7. The van der Waals surface area contributed by atoms with Crippen LogP contribution in [-0.2, 0) is 11.3 Å². The third kappa shape index (κ3) is 2.56. The Hall–Kier alpha value is -2.02. The second-order valence-electron chi connectivity index (χ2n) is 5.14. The third-order valence-electron chi connectivity index (χ3n) is 3.87. The van der Waals surface area contributed by atoms with E-state index in [4.69, 9.17) is 14.1 Å². The maximum absolute atomic E-state index is 10.6. The highest BCUT2D eigenvalue weighted by molar-refractivity contribution is 6.61. The molecule has 114 valence electrons. The van der Waals surface area contributed by atoms with E-state index in [9.17, 15) is 10.1 Å². The summed E-state index contributed by atoms with van der Waals surface area (Å²) < 4.78 is 15.6. The standard InChI is InChI=1S/C16H17BO5/c1-20-14-6-5-11(8-15(14)21-2)16(18)10-3-4-12-9-22-17(19)13(12)7-10/h3-8,16,18-19H,9H2,1-2H3. The highest BCUT2D eigenvalue weighted by atomic mass is 16.5. The minimum Gasteiger partial charge on any atom is -0.493 e. The van der Waals surface area contributed by atoms with Gasteiger partial charge in [0.05, 0.1) is 20.8 Å². The van der Waals surface area contributed by atoms with Crippen molar-refractivity contribution in [1.29, 1.82) is 0 Å². The summed E-state index contributed by atoms with van der Waals surface area (Å²) in [4.78, 5) is 0. The van der Waals surface area contributed by atoms with Gasteiger partial charge in [0.2, 0.25) is 0 Å². The molecule has 2 aromatic carbocycles. The molecule has 22 heavy (non-hydrogen) atoms. The molecule has 3 rings (SSSR count). The predicted molar refractivity (Wildman–Crippen MR) is 82.4 cm³/mol. The van der Waals surface area contributed by atoms with Crippen LogP contribution in [0.25, 0.3) is 0 Å². The number of rotatable bonds is 4. The van der Waals surface area contributed by atoms with E-state index in [1.807, 2.05) is 12.1 Å². The lowest BCUT2D eigenvalue weighted by Crippen LogP contribution is -2.28. The van der Waals surface area contributed by atoms with Gasteiger partial charge in [0.15, 0.2) is 11.5 Å². The normalized spacial score (nSPS) is 14.6. The molecule has 0 radical (unpaired) electrons. The van der Waals surface area contributed by atoms with Crippen LogP contribution in [0.3, 0.4) is 0 Å². The monoisotopic (exact) mass is 300 g/mol. The van der Waals surface area contributed by atoms with E-state index in [1.54, 1.807) is 38.5 Å². The molecule has 1 atom stereocenters. The first kappa shape index (κ1) is 14.9. The molecule has 2 aromatic rings. The molecule has 0 amide bonds. The summed E-state index contributed by atoms with van der Waals surface area (Å²) in [7, 11) is 2.19. The van der Waals surface area contributed by atoms with E-state index in [0.29, 0.717) is 34.7 Å². The summed E-state index contributed by atoms with van der Waals surface area (Å²) in [6.45, 7) is 0.392. The molecule has 0 fully saturated rings. The van der Waals surface area contributed by atoms with Crippen LogP contribution in [0.15, 0.2) is 36.4 Å². The number of methoxy groups -OCH3 is 2. The van der Waals surface area contributed by atoms with Crippen molar-refractivity contribution in [3.8, 4) is 11.5 Å². The van der Waals surface area contributed by atoms with Gasteiger partial charge in [0, 0.05) is 0 Å². The van der Waals surface area contributed by atoms with Crippen molar-refractivity contribution in [3.05, 3.63) is 53.1 Å². The Bertz CT molecular complexity index is 688. The van der Waals surface area contributed by atoms with Crippen LogP contribution in [-0.4, -0.2) is 31.5 Å². The van der Waals surface area contributed by atoms with Crippen LogP contribution in [0.2, 0.25) is 0 Å². The molecule has 0 aliphatic carbocycles. The summed E-state index contributed by atoms with van der Waals surface area (Å²) in [5, 5.41) is 20.3. The third-order valence-corrected chi connectivity index (χ3v) is 3.87. The van der Waals surface area contributed by atoms with Crippen LogP contribution in [0, 0.1) is 0 Å². The van der Waals surface area contributed by atoms with Crippen LogP contribution in [0.1, 0.15) is 22.8 Å². The summed E-state index contributed by atoms with van der Waals surface area (Å²) in [5.74, 6) is 1.17. The summed E-state index contributed by atoms with van der Waals surface area (Å²) in [5.41, 5.74) is 3.02. The molecule has 1 aliphatic heterocycles. The minimum absolute atomic E-state index is 0.392. The van der Waals surface area contributed by atoms with Crippen molar-refractivity contribution in [2.75, 3.05) is 14.2 Å². The zero-order valence-electron chi connectivity index (χ0n) is 12.4. The molecule has 2 N–H and O–H groups in total. The molecule has 0 bridgehead atoms. The molecule has 0 spiro atoms. The van der Waals surface area contributed by atoms with Gasteiger partial charge in [-0.3, -0.25) is 0 Å². The number of aliphatic hydroxyl groups is 1. The Morgan fingerprint density at radius 2 is 1.73 bits per heavy atom. The highest BCUT2D eigenvalue weighted by Gasteiger charge is 2.28. The number of benzene rings is 2. The van der Waals surface area contributed by atoms with Gasteiger partial charge in [-0.15, -0.1) is 0 Å². The Morgan fingerprint density at radius 1 is 1.05 bits per heavy atom. The van der Waals surface area contributed by atoms with E-state index in [-0.39, 0.29) is 0 Å². The summed E-state index contributed by atoms with van der Waals surface area (Å²) >= 11 is 0. The first-order chi connectivity index (χ1) is 10.6. The molecule has 0 saturated carbocycles. The number of fused-ring (bicyclic) bond motifs is 1. The van der Waals surface area contributed by atoms with Gasteiger partial charge in [-0.25, -0.2) is 0 Å². The van der Waals surface area contributed by atoms with E-state index in [0.717, 1.165) is 5.56 Å². The van der Waals surface area contributed by atoms with E-state index in [2.05, 4.69) is 0 Å². The number of hydrogen-bond donors (Lipinski definition) is 2. The van der Waals surface area contributed by atoms with Crippen LogP contribution in [0.4, 0.5) is 0 Å². The number of hydrogen-bond acceptors (Lipinski definition) is 5. The van der Waals surface area contributed by atoms with Crippen molar-refractivity contribution in [2.24, 2.45) is 0 Å². The van der Waals surface area contributed by atoms with Gasteiger partial charge in [0.1, 0.15) is 6.10 Å². The van der Waals surface area contributed by atoms with E-state index < -0.39 is 13.2 Å². The molecular formula is C16H17BO5. The molecular weight excluding hydrogens is 283 g/mol. The van der Waals surface area contributed by atoms with Gasteiger partial charge in [-0.2, -0.15) is 0 Å². The van der Waals surface area contributed by atoms with Crippen molar-refractivity contribution < 1.29 is 24.3 Å². The van der Waals surface area contributed by atoms with Crippen molar-refractivity contribution in [3.63, 3.8) is 0 Å². The molecule has 0 aromatic heterocycles. The molecule has 1 unspecified atom stereocenters. The first-order valence-corrected chi connectivity index (χ1v) is 6.96. The van der Waals surface area contributed by atoms with Crippen LogP contribution < -0.4 is 14.9 Å². The maximum atomic E-state index is 10.6. The maximum Gasteiger partial charge on any atom is 0.491 e. The fourth-order valence-corrected chi connectivity index (χ4v) is 2.62. The van der Waals surface area contributed by atoms with Crippen LogP contribution >= 0.6 is 0 Å². The molecule has 5 nitrogen and oxygen atoms in total. The lowest BCUT2D eigenvalue weighted by atomic mass is 9.78.